The quantitative estimate of drug-likeness (QED) is 0.675. The van der Waals surface area contributed by atoms with Crippen molar-refractivity contribution in [2.45, 2.75) is 13.0 Å². The number of anilines is 1. The van der Waals surface area contributed by atoms with Gasteiger partial charge in [-0.3, -0.25) is 10.2 Å². The first-order chi connectivity index (χ1) is 6.13. The molecule has 2 N–H and O–H groups in total. The zero-order valence-electron chi connectivity index (χ0n) is 7.08. The van der Waals surface area contributed by atoms with E-state index >= 15 is 0 Å². The molecule has 5 heteroatoms. The van der Waals surface area contributed by atoms with Crippen molar-refractivity contribution < 1.29 is 15.1 Å². The smallest absolute Gasteiger partial charge is 0.328 e. The number of carboxylic acids is 1. The van der Waals surface area contributed by atoms with Gasteiger partial charge in [-0.2, -0.15) is 0 Å². The standard InChI is InChI=1S/C8H10N2O3/c1-6(8(11)12)10(13)7-2-4-9-5-3-7/h2-6,13H,1H3,(H,11,12)/t6-/m0/s1. The fourth-order valence-electron chi connectivity index (χ4n) is 0.825. The topological polar surface area (TPSA) is 73.7 Å². The molecule has 1 rings (SSSR count). The Morgan fingerprint density at radius 2 is 2.08 bits per heavy atom. The van der Waals surface area contributed by atoms with Crippen LogP contribution in [0.1, 0.15) is 6.92 Å². The minimum atomic E-state index is -1.08. The number of nitrogens with zero attached hydrogens (tertiary/aromatic N) is 2. The molecule has 0 aliphatic heterocycles. The molecule has 0 fully saturated rings. The van der Waals surface area contributed by atoms with Crippen LogP contribution in [0.3, 0.4) is 0 Å². The van der Waals surface area contributed by atoms with E-state index in [2.05, 4.69) is 4.98 Å². The molecule has 0 saturated carbocycles. The molecule has 0 aromatic carbocycles. The minimum absolute atomic E-state index is 0.407. The molecule has 70 valence electrons. The van der Waals surface area contributed by atoms with E-state index in [1.807, 2.05) is 0 Å². The van der Waals surface area contributed by atoms with Crippen LogP contribution < -0.4 is 5.06 Å². The lowest BCUT2D eigenvalue weighted by molar-refractivity contribution is -0.139. The third-order valence-corrected chi connectivity index (χ3v) is 1.65. The van der Waals surface area contributed by atoms with Crippen LogP contribution in [0.5, 0.6) is 0 Å². The lowest BCUT2D eigenvalue weighted by Gasteiger charge is -2.20. The summed E-state index contributed by atoms with van der Waals surface area (Å²) in [6, 6.07) is 2.08. The fourth-order valence-corrected chi connectivity index (χ4v) is 0.825. The molecule has 1 heterocycles. The maximum absolute atomic E-state index is 10.5. The van der Waals surface area contributed by atoms with Gasteiger partial charge in [0, 0.05) is 12.4 Å². The highest BCUT2D eigenvalue weighted by atomic mass is 16.5. The van der Waals surface area contributed by atoms with E-state index in [4.69, 9.17) is 5.11 Å². The van der Waals surface area contributed by atoms with E-state index in [0.717, 1.165) is 0 Å². The van der Waals surface area contributed by atoms with Gasteiger partial charge in [0.05, 0.1) is 5.69 Å². The monoisotopic (exact) mass is 182 g/mol. The number of rotatable bonds is 3. The van der Waals surface area contributed by atoms with E-state index in [9.17, 15) is 10.0 Å². The molecule has 0 aliphatic rings. The maximum Gasteiger partial charge on any atom is 0.328 e. The maximum atomic E-state index is 10.5. The second-order valence-corrected chi connectivity index (χ2v) is 2.56. The van der Waals surface area contributed by atoms with Crippen LogP contribution in [0.4, 0.5) is 5.69 Å². The van der Waals surface area contributed by atoms with E-state index in [1.165, 1.54) is 31.5 Å². The minimum Gasteiger partial charge on any atom is -0.480 e. The fraction of sp³-hybridized carbons (Fsp3) is 0.250. The zero-order chi connectivity index (χ0) is 9.84. The SMILES string of the molecule is C[C@@H](C(=O)O)N(O)c1ccncc1. The average Bonchev–Trinajstić information content (AvgIpc) is 2.17. The molecule has 0 aliphatic carbocycles. The number of carboxylic acid groups (broad SMARTS) is 1. The molecule has 0 unspecified atom stereocenters. The van der Waals surface area contributed by atoms with E-state index in [0.29, 0.717) is 10.8 Å². The molecule has 0 radical (unpaired) electrons. The van der Waals surface area contributed by atoms with Crippen LogP contribution in [0, 0.1) is 0 Å². The second kappa shape index (κ2) is 3.86. The zero-order valence-corrected chi connectivity index (χ0v) is 7.08. The number of aromatic nitrogens is 1. The molecule has 0 bridgehead atoms. The van der Waals surface area contributed by atoms with Crippen LogP contribution in [-0.4, -0.2) is 27.3 Å². The van der Waals surface area contributed by atoms with Gasteiger partial charge in [0.2, 0.25) is 0 Å². The summed E-state index contributed by atoms with van der Waals surface area (Å²) in [5.41, 5.74) is 0.407. The van der Waals surface area contributed by atoms with Crippen molar-refractivity contribution in [1.29, 1.82) is 0 Å². The van der Waals surface area contributed by atoms with Gasteiger partial charge < -0.3 is 5.11 Å². The summed E-state index contributed by atoms with van der Waals surface area (Å²) in [6.07, 6.45) is 2.96. The molecule has 0 spiro atoms. The average molecular weight is 182 g/mol. The second-order valence-electron chi connectivity index (χ2n) is 2.56. The summed E-state index contributed by atoms with van der Waals surface area (Å²) in [4.78, 5) is 14.2. The van der Waals surface area contributed by atoms with Gasteiger partial charge in [0.15, 0.2) is 6.04 Å². The summed E-state index contributed by atoms with van der Waals surface area (Å²) in [7, 11) is 0. The van der Waals surface area contributed by atoms with Gasteiger partial charge in [-0.05, 0) is 19.1 Å². The van der Waals surface area contributed by atoms with E-state index in [1.54, 1.807) is 0 Å². The number of pyridine rings is 1. The summed E-state index contributed by atoms with van der Waals surface area (Å²) in [5, 5.41) is 18.7. The Morgan fingerprint density at radius 3 is 2.54 bits per heavy atom. The molecular formula is C8H10N2O3. The Balaban J connectivity index is 2.79. The first-order valence-corrected chi connectivity index (χ1v) is 3.74. The molecule has 13 heavy (non-hydrogen) atoms. The Bertz CT molecular complexity index is 289. The molecule has 5 nitrogen and oxygen atoms in total. The molecule has 0 amide bonds. The van der Waals surface area contributed by atoms with Gasteiger partial charge in [-0.15, -0.1) is 0 Å². The van der Waals surface area contributed by atoms with Crippen LogP contribution in [0.25, 0.3) is 0 Å². The normalized spacial score (nSPS) is 12.2. The van der Waals surface area contributed by atoms with E-state index < -0.39 is 12.0 Å². The Hall–Kier alpha value is -1.62. The van der Waals surface area contributed by atoms with Crippen molar-refractivity contribution in [2.24, 2.45) is 0 Å². The van der Waals surface area contributed by atoms with Gasteiger partial charge in [0.25, 0.3) is 0 Å². The number of carbonyl (C=O) groups is 1. The van der Waals surface area contributed by atoms with Gasteiger partial charge in [0.1, 0.15) is 0 Å². The number of hydrogen-bond acceptors (Lipinski definition) is 4. The molecule has 1 atom stereocenters. The highest BCUT2D eigenvalue weighted by Gasteiger charge is 2.18. The third kappa shape index (κ3) is 2.16. The van der Waals surface area contributed by atoms with Crippen LogP contribution in [0.2, 0.25) is 0 Å². The van der Waals surface area contributed by atoms with Crippen molar-refractivity contribution in [2.75, 3.05) is 5.06 Å². The van der Waals surface area contributed by atoms with Crippen molar-refractivity contribution >= 4 is 11.7 Å². The number of aliphatic carboxylic acids is 1. The number of hydroxylamine groups is 1. The molecular weight excluding hydrogens is 172 g/mol. The van der Waals surface area contributed by atoms with Crippen LogP contribution in [0.15, 0.2) is 24.5 Å². The predicted octanol–water partition coefficient (Wildman–Crippen LogP) is 0.750. The highest BCUT2D eigenvalue weighted by Crippen LogP contribution is 2.12. The largest absolute Gasteiger partial charge is 0.480 e. The van der Waals surface area contributed by atoms with Crippen molar-refractivity contribution in [3.63, 3.8) is 0 Å². The highest BCUT2D eigenvalue weighted by molar-refractivity contribution is 5.76. The van der Waals surface area contributed by atoms with Crippen molar-refractivity contribution in [3.05, 3.63) is 24.5 Å². The molecule has 1 aromatic rings. The van der Waals surface area contributed by atoms with Gasteiger partial charge in [-0.1, -0.05) is 0 Å². The Morgan fingerprint density at radius 1 is 1.54 bits per heavy atom. The van der Waals surface area contributed by atoms with Crippen molar-refractivity contribution in [1.82, 2.24) is 4.98 Å². The lowest BCUT2D eigenvalue weighted by atomic mass is 10.3. The Labute approximate surface area is 75.2 Å². The third-order valence-electron chi connectivity index (χ3n) is 1.65. The number of hydrogen-bond donors (Lipinski definition) is 2. The predicted molar refractivity (Wildman–Crippen MR) is 45.6 cm³/mol. The van der Waals surface area contributed by atoms with Gasteiger partial charge in [-0.25, -0.2) is 9.86 Å². The first-order valence-electron chi connectivity index (χ1n) is 3.74. The summed E-state index contributed by atoms with van der Waals surface area (Å²) >= 11 is 0. The van der Waals surface area contributed by atoms with Crippen LogP contribution >= 0.6 is 0 Å². The molecule has 0 saturated heterocycles. The molecule has 1 aromatic heterocycles. The summed E-state index contributed by atoms with van der Waals surface area (Å²) < 4.78 is 0. The Kier molecular flexibility index (Phi) is 2.81. The van der Waals surface area contributed by atoms with Gasteiger partial charge >= 0.3 is 5.97 Å². The summed E-state index contributed by atoms with van der Waals surface area (Å²) in [6.45, 7) is 1.39. The van der Waals surface area contributed by atoms with Crippen molar-refractivity contribution in [3.8, 4) is 0 Å². The lowest BCUT2D eigenvalue weighted by Crippen LogP contribution is -2.36. The van der Waals surface area contributed by atoms with E-state index in [-0.39, 0.29) is 0 Å². The summed E-state index contributed by atoms with van der Waals surface area (Å²) in [5.74, 6) is -1.08. The first kappa shape index (κ1) is 9.47. The van der Waals surface area contributed by atoms with Crippen LogP contribution in [-0.2, 0) is 4.79 Å².